The SMILES string of the molecule is Cc1ccc(S(C)(=O)=O)cc1C(=O)N(C)CCOc1ccccc1Cl. The average Bonchev–Trinajstić information content (AvgIpc) is 2.55. The van der Waals surface area contributed by atoms with Gasteiger partial charge in [-0.1, -0.05) is 29.8 Å². The Balaban J connectivity index is 2.06. The third kappa shape index (κ3) is 4.96. The lowest BCUT2D eigenvalue weighted by Gasteiger charge is -2.19. The molecule has 5 nitrogen and oxygen atoms in total. The second-order valence-corrected chi connectivity index (χ2v) is 8.18. The third-order valence-corrected chi connectivity index (χ3v) is 5.16. The van der Waals surface area contributed by atoms with Crippen molar-refractivity contribution in [2.45, 2.75) is 11.8 Å². The highest BCUT2D eigenvalue weighted by molar-refractivity contribution is 7.90. The molecule has 25 heavy (non-hydrogen) atoms. The molecule has 0 spiro atoms. The van der Waals surface area contributed by atoms with Crippen molar-refractivity contribution < 1.29 is 17.9 Å². The van der Waals surface area contributed by atoms with Gasteiger partial charge < -0.3 is 9.64 Å². The van der Waals surface area contributed by atoms with Crippen molar-refractivity contribution in [1.82, 2.24) is 4.90 Å². The molecule has 2 aromatic carbocycles. The zero-order valence-corrected chi connectivity index (χ0v) is 15.9. The molecule has 0 heterocycles. The molecule has 0 atom stereocenters. The number of aryl methyl sites for hydroxylation is 1. The first-order valence-corrected chi connectivity index (χ1v) is 9.90. The van der Waals surface area contributed by atoms with Gasteiger partial charge in [0, 0.05) is 18.9 Å². The number of benzene rings is 2. The van der Waals surface area contributed by atoms with Crippen molar-refractivity contribution >= 4 is 27.3 Å². The number of para-hydroxylation sites is 1. The van der Waals surface area contributed by atoms with Gasteiger partial charge in [0.05, 0.1) is 16.5 Å². The number of rotatable bonds is 6. The van der Waals surface area contributed by atoms with E-state index >= 15 is 0 Å². The number of amides is 1. The molecule has 0 aliphatic heterocycles. The smallest absolute Gasteiger partial charge is 0.254 e. The quantitative estimate of drug-likeness (QED) is 0.770. The maximum atomic E-state index is 12.6. The predicted molar refractivity (Wildman–Crippen MR) is 98.2 cm³/mol. The highest BCUT2D eigenvalue weighted by Gasteiger charge is 2.17. The lowest BCUT2D eigenvalue weighted by atomic mass is 10.1. The Morgan fingerprint density at radius 3 is 2.52 bits per heavy atom. The molecule has 0 aromatic heterocycles. The molecule has 1 amide bonds. The van der Waals surface area contributed by atoms with E-state index in [1.54, 1.807) is 32.2 Å². The van der Waals surface area contributed by atoms with Crippen molar-refractivity contribution in [1.29, 1.82) is 0 Å². The molecule has 0 aliphatic rings. The summed E-state index contributed by atoms with van der Waals surface area (Å²) in [6.07, 6.45) is 1.12. The molecular weight excluding hydrogens is 362 g/mol. The molecule has 0 saturated heterocycles. The van der Waals surface area contributed by atoms with Gasteiger partial charge in [0.1, 0.15) is 12.4 Å². The Kier molecular flexibility index (Phi) is 6.08. The van der Waals surface area contributed by atoms with Crippen LogP contribution in [0, 0.1) is 6.92 Å². The maximum absolute atomic E-state index is 12.6. The summed E-state index contributed by atoms with van der Waals surface area (Å²) in [5.74, 6) is 0.297. The van der Waals surface area contributed by atoms with E-state index in [0.717, 1.165) is 11.8 Å². The first kappa shape index (κ1) is 19.3. The largest absolute Gasteiger partial charge is 0.490 e. The zero-order valence-electron chi connectivity index (χ0n) is 14.3. The standard InChI is InChI=1S/C18H20ClNO4S/c1-13-8-9-14(25(3,22)23)12-15(13)18(21)20(2)10-11-24-17-7-5-4-6-16(17)19/h4-9,12H,10-11H2,1-3H3. The van der Waals surface area contributed by atoms with Crippen LogP contribution in [0.2, 0.25) is 5.02 Å². The van der Waals surface area contributed by atoms with Gasteiger partial charge in [-0.2, -0.15) is 0 Å². The number of sulfone groups is 1. The summed E-state index contributed by atoms with van der Waals surface area (Å²) in [5.41, 5.74) is 1.08. The summed E-state index contributed by atoms with van der Waals surface area (Å²) in [7, 11) is -1.73. The van der Waals surface area contributed by atoms with Crippen LogP contribution < -0.4 is 4.74 Å². The minimum Gasteiger partial charge on any atom is -0.490 e. The summed E-state index contributed by atoms with van der Waals surface area (Å²) < 4.78 is 29.0. The fourth-order valence-corrected chi connectivity index (χ4v) is 3.06. The van der Waals surface area contributed by atoms with E-state index < -0.39 is 9.84 Å². The number of carbonyl (C=O) groups excluding carboxylic acids is 1. The normalized spacial score (nSPS) is 11.2. The van der Waals surface area contributed by atoms with Crippen molar-refractivity contribution in [2.75, 3.05) is 26.5 Å². The number of likely N-dealkylation sites (N-methyl/N-ethyl adjacent to an activating group) is 1. The monoisotopic (exact) mass is 381 g/mol. The molecule has 0 unspecified atom stereocenters. The van der Waals surface area contributed by atoms with E-state index in [4.69, 9.17) is 16.3 Å². The fraction of sp³-hybridized carbons (Fsp3) is 0.278. The number of ether oxygens (including phenoxy) is 1. The van der Waals surface area contributed by atoms with Gasteiger partial charge in [0.25, 0.3) is 5.91 Å². The number of halogens is 1. The number of carbonyl (C=O) groups is 1. The van der Waals surface area contributed by atoms with Crippen molar-refractivity contribution in [2.24, 2.45) is 0 Å². The number of nitrogens with zero attached hydrogens (tertiary/aromatic N) is 1. The Morgan fingerprint density at radius 1 is 1.20 bits per heavy atom. The Hall–Kier alpha value is -2.05. The van der Waals surface area contributed by atoms with Crippen LogP contribution in [0.4, 0.5) is 0 Å². The van der Waals surface area contributed by atoms with Crippen molar-refractivity contribution in [3.8, 4) is 5.75 Å². The molecule has 2 rings (SSSR count). The van der Waals surface area contributed by atoms with Crippen LogP contribution in [-0.4, -0.2) is 45.7 Å². The highest BCUT2D eigenvalue weighted by Crippen LogP contribution is 2.23. The minimum absolute atomic E-state index is 0.127. The lowest BCUT2D eigenvalue weighted by molar-refractivity contribution is 0.0773. The number of hydrogen-bond donors (Lipinski definition) is 0. The van der Waals surface area contributed by atoms with E-state index in [0.29, 0.717) is 22.9 Å². The van der Waals surface area contributed by atoms with E-state index in [1.807, 2.05) is 12.1 Å². The Morgan fingerprint density at radius 2 is 1.88 bits per heavy atom. The van der Waals surface area contributed by atoms with E-state index in [2.05, 4.69) is 0 Å². The van der Waals surface area contributed by atoms with Crippen LogP contribution in [-0.2, 0) is 9.84 Å². The molecule has 0 saturated carbocycles. The molecular formula is C18H20ClNO4S. The highest BCUT2D eigenvalue weighted by atomic mass is 35.5. The second kappa shape index (κ2) is 7.89. The van der Waals surface area contributed by atoms with Crippen LogP contribution in [0.25, 0.3) is 0 Å². The summed E-state index contributed by atoms with van der Waals surface area (Å²) in [5, 5.41) is 0.508. The molecule has 0 bridgehead atoms. The van der Waals surface area contributed by atoms with Crippen molar-refractivity contribution in [3.05, 3.63) is 58.6 Å². The van der Waals surface area contributed by atoms with Gasteiger partial charge in [-0.25, -0.2) is 8.42 Å². The topological polar surface area (TPSA) is 63.7 Å². The van der Waals surface area contributed by atoms with Gasteiger partial charge in [-0.05, 0) is 36.8 Å². The van der Waals surface area contributed by atoms with Gasteiger partial charge in [-0.15, -0.1) is 0 Å². The van der Waals surface area contributed by atoms with Crippen LogP contribution in [0.15, 0.2) is 47.4 Å². The van der Waals surface area contributed by atoms with Gasteiger partial charge in [-0.3, -0.25) is 4.79 Å². The van der Waals surface area contributed by atoms with E-state index in [-0.39, 0.29) is 17.4 Å². The van der Waals surface area contributed by atoms with Crippen molar-refractivity contribution in [3.63, 3.8) is 0 Å². The first-order chi connectivity index (χ1) is 11.7. The van der Waals surface area contributed by atoms with Crippen LogP contribution in [0.1, 0.15) is 15.9 Å². The summed E-state index contributed by atoms with van der Waals surface area (Å²) >= 11 is 6.02. The molecule has 0 N–H and O–H groups in total. The fourth-order valence-electron chi connectivity index (χ4n) is 2.22. The molecule has 0 aliphatic carbocycles. The van der Waals surface area contributed by atoms with E-state index in [1.165, 1.54) is 17.0 Å². The summed E-state index contributed by atoms with van der Waals surface area (Å²) in [4.78, 5) is 14.2. The molecule has 2 aromatic rings. The first-order valence-electron chi connectivity index (χ1n) is 7.63. The third-order valence-electron chi connectivity index (χ3n) is 3.74. The summed E-state index contributed by atoms with van der Waals surface area (Å²) in [6, 6.07) is 11.7. The Labute approximate surface area is 153 Å². The molecule has 134 valence electrons. The Bertz CT molecular complexity index is 880. The zero-order chi connectivity index (χ0) is 18.6. The van der Waals surface area contributed by atoms with Crippen LogP contribution in [0.5, 0.6) is 5.75 Å². The van der Waals surface area contributed by atoms with Gasteiger partial charge in [0.15, 0.2) is 9.84 Å². The predicted octanol–water partition coefficient (Wildman–Crippen LogP) is 3.20. The maximum Gasteiger partial charge on any atom is 0.254 e. The molecule has 0 fully saturated rings. The molecule has 7 heteroatoms. The lowest BCUT2D eigenvalue weighted by Crippen LogP contribution is -2.31. The minimum atomic E-state index is -3.37. The number of hydrogen-bond acceptors (Lipinski definition) is 4. The molecule has 0 radical (unpaired) electrons. The van der Waals surface area contributed by atoms with Crippen LogP contribution in [0.3, 0.4) is 0 Å². The van der Waals surface area contributed by atoms with E-state index in [9.17, 15) is 13.2 Å². The van der Waals surface area contributed by atoms with Gasteiger partial charge in [0.2, 0.25) is 0 Å². The summed E-state index contributed by atoms with van der Waals surface area (Å²) in [6.45, 7) is 2.39. The second-order valence-electron chi connectivity index (χ2n) is 5.75. The van der Waals surface area contributed by atoms with Crippen LogP contribution >= 0.6 is 11.6 Å². The average molecular weight is 382 g/mol. The van der Waals surface area contributed by atoms with Gasteiger partial charge >= 0.3 is 0 Å².